The summed E-state index contributed by atoms with van der Waals surface area (Å²) < 4.78 is 0. The molecule has 4 N–H and O–H groups in total. The third-order valence-electron chi connectivity index (χ3n) is 6.19. The Morgan fingerprint density at radius 2 is 1.93 bits per heavy atom. The number of amides is 1. The van der Waals surface area contributed by atoms with Crippen molar-refractivity contribution in [3.8, 4) is 0 Å². The fourth-order valence-corrected chi connectivity index (χ4v) is 4.44. The van der Waals surface area contributed by atoms with E-state index < -0.39 is 0 Å². The minimum Gasteiger partial charge on any atom is -0.367 e. The van der Waals surface area contributed by atoms with Crippen LogP contribution in [0.4, 0.5) is 5.69 Å². The molecule has 0 spiro atoms. The molecule has 0 radical (unpaired) electrons. The van der Waals surface area contributed by atoms with Crippen LogP contribution in [0.3, 0.4) is 0 Å². The SMILES string of the molecule is CCN(c1cncc(C(=O)NCc2c(C)cc(C)[nH]c2=O)c1C)[C@H]1CC[C@H](N)CC1. The summed E-state index contributed by atoms with van der Waals surface area (Å²) in [5.74, 6) is -0.219. The number of pyridine rings is 2. The molecule has 3 rings (SSSR count). The first kappa shape index (κ1) is 22.0. The maximum Gasteiger partial charge on any atom is 0.253 e. The van der Waals surface area contributed by atoms with Crippen molar-refractivity contribution in [1.82, 2.24) is 15.3 Å². The number of carbonyl (C=O) groups is 1. The average molecular weight is 412 g/mol. The smallest absolute Gasteiger partial charge is 0.253 e. The molecule has 0 bridgehead atoms. The molecule has 0 aliphatic heterocycles. The van der Waals surface area contributed by atoms with Gasteiger partial charge in [-0.1, -0.05) is 0 Å². The molecule has 7 nitrogen and oxygen atoms in total. The lowest BCUT2D eigenvalue weighted by molar-refractivity contribution is 0.0949. The van der Waals surface area contributed by atoms with Crippen LogP contribution in [0.1, 0.15) is 65.3 Å². The second-order valence-electron chi connectivity index (χ2n) is 8.31. The number of H-pyrrole nitrogens is 1. The van der Waals surface area contributed by atoms with Gasteiger partial charge in [0.15, 0.2) is 0 Å². The Kier molecular flexibility index (Phi) is 6.92. The third-order valence-corrected chi connectivity index (χ3v) is 6.19. The van der Waals surface area contributed by atoms with E-state index in [4.69, 9.17) is 5.73 Å². The highest BCUT2D eigenvalue weighted by Gasteiger charge is 2.26. The minimum atomic E-state index is -0.219. The van der Waals surface area contributed by atoms with Gasteiger partial charge in [-0.05, 0) is 70.6 Å². The van der Waals surface area contributed by atoms with E-state index in [2.05, 4.69) is 27.1 Å². The Bertz CT molecular complexity index is 961. The number of anilines is 1. The molecule has 1 aliphatic rings. The highest BCUT2D eigenvalue weighted by atomic mass is 16.1. The number of aromatic amines is 1. The zero-order chi connectivity index (χ0) is 21.8. The number of rotatable bonds is 6. The zero-order valence-electron chi connectivity index (χ0n) is 18.4. The Balaban J connectivity index is 1.78. The molecule has 1 amide bonds. The van der Waals surface area contributed by atoms with Gasteiger partial charge < -0.3 is 20.9 Å². The molecule has 0 saturated heterocycles. The summed E-state index contributed by atoms with van der Waals surface area (Å²) in [5, 5.41) is 2.89. The summed E-state index contributed by atoms with van der Waals surface area (Å²) in [6.07, 6.45) is 7.61. The third kappa shape index (κ3) is 4.73. The summed E-state index contributed by atoms with van der Waals surface area (Å²) in [7, 11) is 0. The van der Waals surface area contributed by atoms with Gasteiger partial charge >= 0.3 is 0 Å². The average Bonchev–Trinajstić information content (AvgIpc) is 2.70. The number of hydrogen-bond acceptors (Lipinski definition) is 5. The van der Waals surface area contributed by atoms with Crippen LogP contribution in [0.2, 0.25) is 0 Å². The van der Waals surface area contributed by atoms with Crippen molar-refractivity contribution in [3.05, 3.63) is 56.8 Å². The predicted molar refractivity (Wildman–Crippen MR) is 120 cm³/mol. The van der Waals surface area contributed by atoms with Crippen LogP contribution in [0, 0.1) is 20.8 Å². The van der Waals surface area contributed by atoms with Gasteiger partial charge in [-0.25, -0.2) is 0 Å². The van der Waals surface area contributed by atoms with E-state index >= 15 is 0 Å². The van der Waals surface area contributed by atoms with Gasteiger partial charge in [0.25, 0.3) is 11.5 Å². The first-order valence-corrected chi connectivity index (χ1v) is 10.8. The van der Waals surface area contributed by atoms with Gasteiger partial charge in [0, 0.05) is 42.6 Å². The summed E-state index contributed by atoms with van der Waals surface area (Å²) in [6.45, 7) is 8.86. The fraction of sp³-hybridized carbons (Fsp3) is 0.522. The van der Waals surface area contributed by atoms with E-state index in [1.807, 2.05) is 33.0 Å². The second kappa shape index (κ2) is 9.43. The van der Waals surface area contributed by atoms with Gasteiger partial charge in [-0.3, -0.25) is 14.6 Å². The van der Waals surface area contributed by atoms with Crippen molar-refractivity contribution in [2.75, 3.05) is 11.4 Å². The second-order valence-corrected chi connectivity index (χ2v) is 8.31. The lowest BCUT2D eigenvalue weighted by Gasteiger charge is -2.37. The highest BCUT2D eigenvalue weighted by molar-refractivity contribution is 5.96. The number of aryl methyl sites for hydroxylation is 2. The van der Waals surface area contributed by atoms with E-state index in [-0.39, 0.29) is 18.0 Å². The number of carbonyl (C=O) groups excluding carboxylic acids is 1. The van der Waals surface area contributed by atoms with Crippen LogP contribution < -0.4 is 21.5 Å². The topological polar surface area (TPSA) is 104 Å². The molecule has 2 aromatic rings. The molecule has 0 aromatic carbocycles. The van der Waals surface area contributed by atoms with Gasteiger partial charge in [-0.2, -0.15) is 0 Å². The highest BCUT2D eigenvalue weighted by Crippen LogP contribution is 2.29. The fourth-order valence-electron chi connectivity index (χ4n) is 4.44. The molecule has 1 saturated carbocycles. The number of hydrogen-bond donors (Lipinski definition) is 3. The Morgan fingerprint density at radius 1 is 1.23 bits per heavy atom. The lowest BCUT2D eigenvalue weighted by Crippen LogP contribution is -2.41. The van der Waals surface area contributed by atoms with E-state index in [1.165, 1.54) is 0 Å². The molecular formula is C23H33N5O2. The molecule has 0 atom stereocenters. The maximum absolute atomic E-state index is 12.9. The quantitative estimate of drug-likeness (QED) is 0.678. The van der Waals surface area contributed by atoms with Crippen molar-refractivity contribution < 1.29 is 4.79 Å². The summed E-state index contributed by atoms with van der Waals surface area (Å²) >= 11 is 0. The van der Waals surface area contributed by atoms with Crippen LogP contribution in [0.5, 0.6) is 0 Å². The van der Waals surface area contributed by atoms with Gasteiger partial charge in [0.05, 0.1) is 17.4 Å². The molecule has 7 heteroatoms. The van der Waals surface area contributed by atoms with Crippen LogP contribution in [-0.2, 0) is 6.54 Å². The number of nitrogens with zero attached hydrogens (tertiary/aromatic N) is 2. The molecule has 2 heterocycles. The molecule has 162 valence electrons. The number of nitrogens with two attached hydrogens (primary N) is 1. The zero-order valence-corrected chi connectivity index (χ0v) is 18.4. The minimum absolute atomic E-state index is 0.163. The Morgan fingerprint density at radius 3 is 2.57 bits per heavy atom. The Hall–Kier alpha value is -2.67. The standard InChI is InChI=1S/C23H33N5O2/c1-5-28(18-8-6-17(24)7-9-18)21-13-25-11-20(16(21)4)22(29)26-12-19-14(2)10-15(3)27-23(19)30/h10-11,13,17-18H,5-9,12,24H2,1-4H3,(H,26,29)(H,27,30)/t17-,18-. The van der Waals surface area contributed by atoms with Crippen molar-refractivity contribution in [3.63, 3.8) is 0 Å². The van der Waals surface area contributed by atoms with Crippen molar-refractivity contribution in [2.24, 2.45) is 5.73 Å². The lowest BCUT2D eigenvalue weighted by atomic mass is 9.90. The molecule has 1 aliphatic carbocycles. The van der Waals surface area contributed by atoms with Crippen molar-refractivity contribution in [1.29, 1.82) is 0 Å². The summed E-state index contributed by atoms with van der Waals surface area (Å²) in [4.78, 5) is 34.6. The maximum atomic E-state index is 12.9. The summed E-state index contributed by atoms with van der Waals surface area (Å²) in [6, 6.07) is 2.62. The van der Waals surface area contributed by atoms with E-state index in [1.54, 1.807) is 6.20 Å². The van der Waals surface area contributed by atoms with Crippen molar-refractivity contribution >= 4 is 11.6 Å². The largest absolute Gasteiger partial charge is 0.367 e. The number of aromatic nitrogens is 2. The molecule has 2 aromatic heterocycles. The van der Waals surface area contributed by atoms with E-state index in [0.717, 1.165) is 54.7 Å². The van der Waals surface area contributed by atoms with E-state index in [9.17, 15) is 9.59 Å². The first-order chi connectivity index (χ1) is 14.3. The first-order valence-electron chi connectivity index (χ1n) is 10.8. The summed E-state index contributed by atoms with van der Waals surface area (Å²) in [5.41, 5.74) is 10.6. The van der Waals surface area contributed by atoms with Crippen molar-refractivity contribution in [2.45, 2.75) is 72.0 Å². The number of nitrogens with one attached hydrogen (secondary N) is 2. The van der Waals surface area contributed by atoms with Gasteiger partial charge in [0.1, 0.15) is 0 Å². The normalized spacial score (nSPS) is 18.8. The van der Waals surface area contributed by atoms with Crippen LogP contribution in [0.25, 0.3) is 0 Å². The van der Waals surface area contributed by atoms with Crippen LogP contribution in [-0.4, -0.2) is 34.5 Å². The predicted octanol–water partition coefficient (Wildman–Crippen LogP) is 2.72. The van der Waals surface area contributed by atoms with Gasteiger partial charge in [0.2, 0.25) is 0 Å². The van der Waals surface area contributed by atoms with Crippen LogP contribution >= 0.6 is 0 Å². The molecular weight excluding hydrogens is 378 g/mol. The molecule has 0 unspecified atom stereocenters. The molecule has 1 fully saturated rings. The van der Waals surface area contributed by atoms with Crippen LogP contribution in [0.15, 0.2) is 23.3 Å². The Labute approximate surface area is 178 Å². The monoisotopic (exact) mass is 411 g/mol. The molecule has 30 heavy (non-hydrogen) atoms. The van der Waals surface area contributed by atoms with E-state index in [0.29, 0.717) is 23.2 Å². The van der Waals surface area contributed by atoms with Gasteiger partial charge in [-0.15, -0.1) is 0 Å².